The molecule has 0 rings (SSSR count). The van der Waals surface area contributed by atoms with Gasteiger partial charge in [0.2, 0.25) is 0 Å². The van der Waals surface area contributed by atoms with Crippen LogP contribution in [-0.4, -0.2) is 11.9 Å². The molecule has 0 aromatic rings. The maximum Gasteiger partial charge on any atom is 0.313 e. The van der Waals surface area contributed by atoms with Crippen LogP contribution < -0.4 is 0 Å². The van der Waals surface area contributed by atoms with Gasteiger partial charge in [0, 0.05) is 12.8 Å². The van der Waals surface area contributed by atoms with Gasteiger partial charge in [-0.15, -0.1) is 0 Å². The molecule has 0 bridgehead atoms. The third kappa shape index (κ3) is 25.3. The van der Waals surface area contributed by atoms with Crippen LogP contribution in [0.2, 0.25) is 0 Å². The van der Waals surface area contributed by atoms with Crippen LogP contribution in [0.3, 0.4) is 0 Å². The van der Waals surface area contributed by atoms with E-state index in [1.807, 2.05) is 0 Å². The second-order valence-electron chi connectivity index (χ2n) is 9.42. The molecule has 0 fully saturated rings. The molecule has 0 aliphatic carbocycles. The molecule has 0 atom stereocenters. The molecule has 3 heteroatoms. The van der Waals surface area contributed by atoms with Crippen LogP contribution in [0.5, 0.6) is 0 Å². The predicted octanol–water partition coefficient (Wildman–Crippen LogP) is 9.46. The summed E-state index contributed by atoms with van der Waals surface area (Å²) in [6.45, 7) is 4.49. The van der Waals surface area contributed by atoms with Crippen LogP contribution in [0.1, 0.15) is 168 Å². The Labute approximate surface area is 194 Å². The van der Waals surface area contributed by atoms with E-state index in [2.05, 4.69) is 13.8 Å². The third-order valence-corrected chi connectivity index (χ3v) is 6.20. The van der Waals surface area contributed by atoms with Crippen LogP contribution in [0.15, 0.2) is 0 Å². The Hall–Kier alpha value is -0.860. The van der Waals surface area contributed by atoms with Gasteiger partial charge in [0.25, 0.3) is 0 Å². The Morgan fingerprint density at radius 1 is 0.387 bits per heavy atom. The highest BCUT2D eigenvalue weighted by Gasteiger charge is 2.09. The molecule has 0 aliphatic heterocycles. The minimum atomic E-state index is -0.334. The molecule has 0 heterocycles. The van der Waals surface area contributed by atoms with Crippen LogP contribution in [-0.2, 0) is 14.3 Å². The summed E-state index contributed by atoms with van der Waals surface area (Å²) in [5, 5.41) is 0. The van der Waals surface area contributed by atoms with Crippen LogP contribution in [0.25, 0.3) is 0 Å². The monoisotopic (exact) mass is 438 g/mol. The Morgan fingerprint density at radius 2 is 0.613 bits per heavy atom. The van der Waals surface area contributed by atoms with Crippen LogP contribution in [0.4, 0.5) is 0 Å². The maximum atomic E-state index is 11.8. The molecule has 0 N–H and O–H groups in total. The topological polar surface area (TPSA) is 43.4 Å². The Morgan fingerprint density at radius 3 is 0.871 bits per heavy atom. The summed E-state index contributed by atoms with van der Waals surface area (Å²) in [4.78, 5) is 23.5. The SMILES string of the molecule is CCCCCCCCCCCCCCCCCC(=O)OC(=O)CCCCCCCCC. The van der Waals surface area contributed by atoms with Crippen molar-refractivity contribution in [2.45, 2.75) is 168 Å². The van der Waals surface area contributed by atoms with E-state index in [0.29, 0.717) is 12.8 Å². The highest BCUT2D eigenvalue weighted by atomic mass is 16.6. The minimum absolute atomic E-state index is 0.331. The van der Waals surface area contributed by atoms with E-state index >= 15 is 0 Å². The summed E-state index contributed by atoms with van der Waals surface area (Å²) >= 11 is 0. The first-order valence-electron chi connectivity index (χ1n) is 13.9. The Bertz CT molecular complexity index is 392. The second kappa shape index (κ2) is 25.4. The molecule has 0 saturated carbocycles. The first kappa shape index (κ1) is 30.1. The van der Waals surface area contributed by atoms with Gasteiger partial charge in [-0.25, -0.2) is 0 Å². The molecule has 0 saturated heterocycles. The molecule has 0 aromatic heterocycles. The van der Waals surface area contributed by atoms with Crippen molar-refractivity contribution >= 4 is 11.9 Å². The highest BCUT2D eigenvalue weighted by Crippen LogP contribution is 2.14. The zero-order valence-corrected chi connectivity index (χ0v) is 21.2. The highest BCUT2D eigenvalue weighted by molar-refractivity contribution is 5.85. The number of ether oxygens (including phenoxy) is 1. The van der Waals surface area contributed by atoms with Crippen molar-refractivity contribution in [3.05, 3.63) is 0 Å². The van der Waals surface area contributed by atoms with E-state index < -0.39 is 0 Å². The minimum Gasteiger partial charge on any atom is -0.393 e. The smallest absolute Gasteiger partial charge is 0.313 e. The zero-order valence-electron chi connectivity index (χ0n) is 21.2. The van der Waals surface area contributed by atoms with Gasteiger partial charge in [-0.05, 0) is 12.8 Å². The number of unbranched alkanes of at least 4 members (excludes halogenated alkanes) is 20. The van der Waals surface area contributed by atoms with Crippen molar-refractivity contribution in [2.24, 2.45) is 0 Å². The van der Waals surface area contributed by atoms with E-state index in [-0.39, 0.29) is 11.9 Å². The summed E-state index contributed by atoms with van der Waals surface area (Å²) in [5.41, 5.74) is 0. The Kier molecular flexibility index (Phi) is 24.7. The molecule has 31 heavy (non-hydrogen) atoms. The average molecular weight is 439 g/mol. The zero-order chi connectivity index (χ0) is 22.8. The number of carbonyl (C=O) groups is 2. The van der Waals surface area contributed by atoms with E-state index in [9.17, 15) is 9.59 Å². The van der Waals surface area contributed by atoms with Crippen molar-refractivity contribution in [1.29, 1.82) is 0 Å². The van der Waals surface area contributed by atoms with Crippen molar-refractivity contribution in [3.63, 3.8) is 0 Å². The molecular weight excluding hydrogens is 384 g/mol. The number of carbonyl (C=O) groups excluding carboxylic acids is 2. The van der Waals surface area contributed by atoms with Crippen molar-refractivity contribution in [1.82, 2.24) is 0 Å². The molecule has 0 spiro atoms. The second-order valence-corrected chi connectivity index (χ2v) is 9.42. The van der Waals surface area contributed by atoms with Crippen molar-refractivity contribution in [2.75, 3.05) is 0 Å². The van der Waals surface area contributed by atoms with E-state index in [4.69, 9.17) is 4.74 Å². The first-order valence-corrected chi connectivity index (χ1v) is 13.9. The summed E-state index contributed by atoms with van der Waals surface area (Å²) < 4.78 is 4.94. The first-order chi connectivity index (χ1) is 15.2. The lowest BCUT2D eigenvalue weighted by atomic mass is 10.0. The summed E-state index contributed by atoms with van der Waals surface area (Å²) in [6.07, 6.45) is 28.6. The van der Waals surface area contributed by atoms with Crippen molar-refractivity contribution in [3.8, 4) is 0 Å². The fraction of sp³-hybridized carbons (Fsp3) is 0.929. The van der Waals surface area contributed by atoms with Crippen LogP contribution in [0, 0.1) is 0 Å². The Balaban J connectivity index is 3.27. The lowest BCUT2D eigenvalue weighted by Gasteiger charge is -2.04. The van der Waals surface area contributed by atoms with Gasteiger partial charge in [-0.3, -0.25) is 9.59 Å². The fourth-order valence-corrected chi connectivity index (χ4v) is 4.10. The van der Waals surface area contributed by atoms with Gasteiger partial charge in [-0.2, -0.15) is 0 Å². The number of esters is 2. The van der Waals surface area contributed by atoms with Gasteiger partial charge < -0.3 is 4.74 Å². The summed E-state index contributed by atoms with van der Waals surface area (Å²) in [5.74, 6) is -0.665. The van der Waals surface area contributed by atoms with Gasteiger partial charge in [-0.1, -0.05) is 142 Å². The normalized spacial score (nSPS) is 11.0. The number of hydrogen-bond donors (Lipinski definition) is 0. The lowest BCUT2D eigenvalue weighted by Crippen LogP contribution is -2.11. The molecule has 3 nitrogen and oxygen atoms in total. The fourth-order valence-electron chi connectivity index (χ4n) is 4.10. The molecule has 0 amide bonds. The quantitative estimate of drug-likeness (QED) is 0.0856. The third-order valence-electron chi connectivity index (χ3n) is 6.20. The number of rotatable bonds is 24. The van der Waals surface area contributed by atoms with E-state index in [1.165, 1.54) is 116 Å². The number of hydrogen-bond acceptors (Lipinski definition) is 3. The summed E-state index contributed by atoms with van der Waals surface area (Å²) in [7, 11) is 0. The van der Waals surface area contributed by atoms with E-state index in [0.717, 1.165) is 25.7 Å². The van der Waals surface area contributed by atoms with Crippen molar-refractivity contribution < 1.29 is 14.3 Å². The standard InChI is InChI=1S/C28H54O3/c1-3-5-7-9-11-12-13-14-15-16-17-18-20-22-24-26-28(30)31-27(29)25-23-21-19-10-8-6-4-2/h3-26H2,1-2H3. The predicted molar refractivity (Wildman–Crippen MR) is 133 cm³/mol. The largest absolute Gasteiger partial charge is 0.393 e. The van der Waals surface area contributed by atoms with Gasteiger partial charge in [0.05, 0.1) is 0 Å². The van der Waals surface area contributed by atoms with Gasteiger partial charge in [0.15, 0.2) is 0 Å². The van der Waals surface area contributed by atoms with Gasteiger partial charge in [0.1, 0.15) is 0 Å². The molecule has 0 aliphatic rings. The average Bonchev–Trinajstić information content (AvgIpc) is 2.75. The van der Waals surface area contributed by atoms with E-state index in [1.54, 1.807) is 0 Å². The molecule has 0 radical (unpaired) electrons. The molecule has 184 valence electrons. The summed E-state index contributed by atoms with van der Waals surface area (Å²) in [6, 6.07) is 0. The van der Waals surface area contributed by atoms with Gasteiger partial charge >= 0.3 is 11.9 Å². The molecular formula is C28H54O3. The van der Waals surface area contributed by atoms with Crippen LogP contribution >= 0.6 is 0 Å². The molecule has 0 aromatic carbocycles. The lowest BCUT2D eigenvalue weighted by molar-refractivity contribution is -0.159. The molecule has 0 unspecified atom stereocenters. The maximum absolute atomic E-state index is 11.8.